The van der Waals surface area contributed by atoms with Crippen LogP contribution in [0.4, 0.5) is 26.3 Å². The van der Waals surface area contributed by atoms with E-state index in [-0.39, 0.29) is 0 Å². The lowest BCUT2D eigenvalue weighted by Gasteiger charge is -2.39. The number of alkyl halides is 6. The Hall–Kier alpha value is -1.98. The quantitative estimate of drug-likeness (QED) is 0.410. The molecule has 0 unspecified atom stereocenters. The van der Waals surface area contributed by atoms with Crippen molar-refractivity contribution in [1.29, 1.82) is 0 Å². The van der Waals surface area contributed by atoms with Crippen LogP contribution >= 0.6 is 0 Å². The molecule has 0 spiro atoms. The van der Waals surface area contributed by atoms with Crippen molar-refractivity contribution in [3.63, 3.8) is 0 Å². The minimum Gasteiger partial charge on any atom is -0.169 e. The Balaban J connectivity index is 7.09. The molecule has 0 aromatic carbocycles. The van der Waals surface area contributed by atoms with Crippen molar-refractivity contribution < 1.29 is 26.3 Å². The number of hydrogen-bond acceptors (Lipinski definition) is 0. The largest absolute Gasteiger partial charge is 0.411 e. The fourth-order valence-electron chi connectivity index (χ4n) is 2.07. The van der Waals surface area contributed by atoms with Crippen LogP contribution in [-0.4, -0.2) is 12.4 Å². The number of rotatable bonds is 6. The van der Waals surface area contributed by atoms with Gasteiger partial charge in [0.1, 0.15) is 0 Å². The highest BCUT2D eigenvalue weighted by atomic mass is 19.4. The van der Waals surface area contributed by atoms with Crippen LogP contribution in [0.1, 0.15) is 6.92 Å². The van der Waals surface area contributed by atoms with Crippen LogP contribution in [0.5, 0.6) is 0 Å². The van der Waals surface area contributed by atoms with Gasteiger partial charge in [-0.2, -0.15) is 26.3 Å². The molecule has 0 atom stereocenters. The predicted molar refractivity (Wildman–Crippen MR) is 76.1 cm³/mol. The van der Waals surface area contributed by atoms with Crippen molar-refractivity contribution >= 4 is 0 Å². The Morgan fingerprint density at radius 3 is 1.45 bits per heavy atom. The Morgan fingerprint density at radius 1 is 0.773 bits per heavy atom. The van der Waals surface area contributed by atoms with Gasteiger partial charge in [0.25, 0.3) is 0 Å². The Labute approximate surface area is 125 Å². The van der Waals surface area contributed by atoms with Gasteiger partial charge in [-0.1, -0.05) is 62.3 Å². The molecule has 0 saturated carbocycles. The Morgan fingerprint density at radius 2 is 1.18 bits per heavy atom. The van der Waals surface area contributed by atoms with Crippen LogP contribution in [0, 0.1) is 5.41 Å². The van der Waals surface area contributed by atoms with Crippen LogP contribution in [0.2, 0.25) is 0 Å². The Bertz CT molecular complexity index is 498. The van der Waals surface area contributed by atoms with Crippen molar-refractivity contribution in [3.8, 4) is 0 Å². The summed E-state index contributed by atoms with van der Waals surface area (Å²) in [7, 11) is 0. The highest BCUT2D eigenvalue weighted by molar-refractivity contribution is 5.47. The van der Waals surface area contributed by atoms with Crippen LogP contribution < -0.4 is 0 Å². The van der Waals surface area contributed by atoms with Gasteiger partial charge in [-0.05, 0) is 18.1 Å². The molecule has 0 aliphatic carbocycles. The first-order valence-corrected chi connectivity index (χ1v) is 6.09. The zero-order valence-electron chi connectivity index (χ0n) is 11.9. The molecule has 22 heavy (non-hydrogen) atoms. The maximum absolute atomic E-state index is 13.6. The summed E-state index contributed by atoms with van der Waals surface area (Å²) in [5.74, 6) is 0. The zero-order chi connectivity index (χ0) is 17.6. The maximum Gasteiger partial charge on any atom is 0.411 e. The van der Waals surface area contributed by atoms with Crippen molar-refractivity contribution in [3.05, 3.63) is 73.4 Å². The molecule has 0 rings (SSSR count). The molecular weight excluding hydrogens is 306 g/mol. The lowest BCUT2D eigenvalue weighted by molar-refractivity contribution is -0.308. The molecule has 0 radical (unpaired) electrons. The van der Waals surface area contributed by atoms with E-state index in [1.165, 1.54) is 6.92 Å². The van der Waals surface area contributed by atoms with Crippen LogP contribution in [0.25, 0.3) is 0 Å². The summed E-state index contributed by atoms with van der Waals surface area (Å²) in [6.45, 7) is 10.7. The SMILES string of the molecule is C=C/C=C(\C=C)C(C(/C=C\C)=C/C=C)(C(F)(F)F)C(F)(F)F. The molecule has 0 aromatic rings. The van der Waals surface area contributed by atoms with Crippen LogP contribution in [0.3, 0.4) is 0 Å². The molecule has 0 saturated heterocycles. The van der Waals surface area contributed by atoms with E-state index in [2.05, 4.69) is 19.7 Å². The average molecular weight is 322 g/mol. The van der Waals surface area contributed by atoms with Gasteiger partial charge in [-0.3, -0.25) is 0 Å². The van der Waals surface area contributed by atoms with E-state index in [0.29, 0.717) is 18.2 Å². The minimum absolute atomic E-state index is 0.531. The molecular formula is C16H16F6. The second-order valence-electron chi connectivity index (χ2n) is 4.17. The zero-order valence-corrected chi connectivity index (χ0v) is 11.9. The molecule has 0 heterocycles. The Kier molecular flexibility index (Phi) is 6.67. The molecule has 0 nitrogen and oxygen atoms in total. The molecule has 0 amide bonds. The van der Waals surface area contributed by atoms with Crippen molar-refractivity contribution in [1.82, 2.24) is 0 Å². The fourth-order valence-corrected chi connectivity index (χ4v) is 2.07. The second-order valence-corrected chi connectivity index (χ2v) is 4.17. The van der Waals surface area contributed by atoms with Gasteiger partial charge >= 0.3 is 12.4 Å². The minimum atomic E-state index is -5.64. The smallest absolute Gasteiger partial charge is 0.169 e. The van der Waals surface area contributed by atoms with Gasteiger partial charge in [0, 0.05) is 0 Å². The maximum atomic E-state index is 13.6. The second kappa shape index (κ2) is 7.33. The summed E-state index contributed by atoms with van der Waals surface area (Å²) < 4.78 is 81.5. The molecule has 0 fully saturated rings. The first-order chi connectivity index (χ1) is 10.0. The van der Waals surface area contributed by atoms with Gasteiger partial charge in [-0.25, -0.2) is 0 Å². The first-order valence-electron chi connectivity index (χ1n) is 6.09. The topological polar surface area (TPSA) is 0 Å². The molecule has 0 aliphatic heterocycles. The average Bonchev–Trinajstić information content (AvgIpc) is 2.35. The number of allylic oxidation sites excluding steroid dienone is 9. The fraction of sp³-hybridized carbons (Fsp3) is 0.250. The van der Waals surface area contributed by atoms with Crippen LogP contribution in [0.15, 0.2) is 73.4 Å². The third-order valence-corrected chi connectivity index (χ3v) is 2.88. The molecule has 122 valence electrons. The molecule has 0 aliphatic rings. The van der Waals surface area contributed by atoms with Gasteiger partial charge in [-0.15, -0.1) is 0 Å². The highest BCUT2D eigenvalue weighted by Crippen LogP contribution is 2.59. The van der Waals surface area contributed by atoms with E-state index in [1.807, 2.05) is 0 Å². The van der Waals surface area contributed by atoms with Crippen LogP contribution in [-0.2, 0) is 0 Å². The lowest BCUT2D eigenvalue weighted by atomic mass is 9.71. The standard InChI is InChI=1S/C16H16F6/c1-5-9-12(8-4)14(15(17,18)19,16(20,21)22)13(10-6-2)11-7-3/h5-11H,1-2,4H2,3H3/b11-7-,12-9+,13-10+. The summed E-state index contributed by atoms with van der Waals surface area (Å²) in [6.07, 6.45) is -5.84. The van der Waals surface area contributed by atoms with Gasteiger partial charge in [0.15, 0.2) is 0 Å². The summed E-state index contributed by atoms with van der Waals surface area (Å²) in [6, 6.07) is 0. The first kappa shape index (κ1) is 20.0. The molecule has 0 bridgehead atoms. The van der Waals surface area contributed by atoms with E-state index in [4.69, 9.17) is 0 Å². The van der Waals surface area contributed by atoms with E-state index in [9.17, 15) is 26.3 Å². The van der Waals surface area contributed by atoms with E-state index < -0.39 is 28.9 Å². The van der Waals surface area contributed by atoms with E-state index >= 15 is 0 Å². The number of hydrogen-bond donors (Lipinski definition) is 0. The predicted octanol–water partition coefficient (Wildman–Crippen LogP) is 6.08. The van der Waals surface area contributed by atoms with Crippen molar-refractivity contribution in [2.75, 3.05) is 0 Å². The third-order valence-electron chi connectivity index (χ3n) is 2.88. The normalized spacial score (nSPS) is 15.0. The molecule has 0 N–H and O–H groups in total. The van der Waals surface area contributed by atoms with Crippen molar-refractivity contribution in [2.24, 2.45) is 5.41 Å². The highest BCUT2D eigenvalue weighted by Gasteiger charge is 2.73. The van der Waals surface area contributed by atoms with E-state index in [1.54, 1.807) is 0 Å². The summed E-state index contributed by atoms with van der Waals surface area (Å²) >= 11 is 0. The molecule has 0 aromatic heterocycles. The van der Waals surface area contributed by atoms with Gasteiger partial charge < -0.3 is 0 Å². The monoisotopic (exact) mass is 322 g/mol. The number of halogens is 6. The lowest BCUT2D eigenvalue weighted by Crippen LogP contribution is -2.52. The molecule has 6 heteroatoms. The van der Waals surface area contributed by atoms with Gasteiger partial charge in [0.2, 0.25) is 5.41 Å². The summed E-state index contributed by atoms with van der Waals surface area (Å²) in [5, 5.41) is 0. The summed E-state index contributed by atoms with van der Waals surface area (Å²) in [5.41, 5.74) is -6.27. The summed E-state index contributed by atoms with van der Waals surface area (Å²) in [4.78, 5) is 0. The van der Waals surface area contributed by atoms with Gasteiger partial charge in [0.05, 0.1) is 0 Å². The van der Waals surface area contributed by atoms with Crippen molar-refractivity contribution in [2.45, 2.75) is 19.3 Å². The van der Waals surface area contributed by atoms with E-state index in [0.717, 1.165) is 24.3 Å². The third kappa shape index (κ3) is 3.43.